The van der Waals surface area contributed by atoms with E-state index >= 15 is 0 Å². The number of carbonyl (C=O) groups is 1. The Labute approximate surface area is 203 Å². The van der Waals surface area contributed by atoms with E-state index in [1.807, 2.05) is 12.1 Å². The SMILES string of the molecule is CCC[C@H]1CC[C@H](c2ccc(C(=O)OC3CCC([C@H]4CC[C@H](CCC)CC4)CC3)cc2)CC1. The van der Waals surface area contributed by atoms with E-state index in [-0.39, 0.29) is 12.1 Å². The van der Waals surface area contributed by atoms with Crippen molar-refractivity contribution in [2.75, 3.05) is 0 Å². The van der Waals surface area contributed by atoms with Crippen molar-refractivity contribution in [3.8, 4) is 0 Å². The molecule has 0 aromatic heterocycles. The number of benzene rings is 1. The highest BCUT2D eigenvalue weighted by Gasteiger charge is 2.32. The van der Waals surface area contributed by atoms with E-state index in [2.05, 4.69) is 26.0 Å². The van der Waals surface area contributed by atoms with Crippen LogP contribution in [-0.4, -0.2) is 12.1 Å². The molecule has 184 valence electrons. The predicted octanol–water partition coefficient (Wildman–Crippen LogP) is 9.08. The van der Waals surface area contributed by atoms with Crippen LogP contribution in [0.2, 0.25) is 0 Å². The van der Waals surface area contributed by atoms with Crippen molar-refractivity contribution in [1.29, 1.82) is 0 Å². The number of ether oxygens (including phenoxy) is 1. The van der Waals surface area contributed by atoms with Gasteiger partial charge in [0, 0.05) is 0 Å². The van der Waals surface area contributed by atoms with Gasteiger partial charge >= 0.3 is 5.97 Å². The summed E-state index contributed by atoms with van der Waals surface area (Å²) in [6.07, 6.45) is 21.3. The first-order chi connectivity index (χ1) is 16.2. The zero-order valence-electron chi connectivity index (χ0n) is 21.4. The van der Waals surface area contributed by atoms with E-state index < -0.39 is 0 Å². The van der Waals surface area contributed by atoms with Crippen molar-refractivity contribution in [1.82, 2.24) is 0 Å². The Bertz CT molecular complexity index is 699. The molecular formula is C31H48O2. The maximum Gasteiger partial charge on any atom is 0.338 e. The van der Waals surface area contributed by atoms with Gasteiger partial charge in [0.1, 0.15) is 6.10 Å². The number of carbonyl (C=O) groups excluding carboxylic acids is 1. The molecule has 33 heavy (non-hydrogen) atoms. The minimum Gasteiger partial charge on any atom is -0.459 e. The number of hydrogen-bond acceptors (Lipinski definition) is 2. The molecule has 3 aliphatic carbocycles. The van der Waals surface area contributed by atoms with E-state index in [1.165, 1.54) is 95.5 Å². The molecule has 0 spiro atoms. The molecule has 0 aliphatic heterocycles. The summed E-state index contributed by atoms with van der Waals surface area (Å²) in [5, 5.41) is 0. The smallest absolute Gasteiger partial charge is 0.338 e. The standard InChI is InChI=1S/C31H48O2/c1-3-5-23-7-11-25(12-8-23)27-15-17-29(18-16-27)31(32)33-30-21-19-28(20-22-30)26-13-9-24(6-4-2)10-14-26/h15-18,23-26,28,30H,3-14,19-22H2,1-2H3/t23-,24-,25-,26-,28?,30?. The summed E-state index contributed by atoms with van der Waals surface area (Å²) < 4.78 is 5.95. The summed E-state index contributed by atoms with van der Waals surface area (Å²) in [6.45, 7) is 4.62. The molecule has 2 nitrogen and oxygen atoms in total. The second kappa shape index (κ2) is 12.4. The third-order valence-electron chi connectivity index (χ3n) is 9.41. The van der Waals surface area contributed by atoms with Crippen LogP contribution >= 0.6 is 0 Å². The van der Waals surface area contributed by atoms with Crippen LogP contribution in [0.1, 0.15) is 138 Å². The number of rotatable bonds is 8. The minimum absolute atomic E-state index is 0.114. The van der Waals surface area contributed by atoms with Crippen molar-refractivity contribution >= 4 is 5.97 Å². The van der Waals surface area contributed by atoms with Gasteiger partial charge in [0.05, 0.1) is 5.56 Å². The Morgan fingerprint density at radius 3 is 1.70 bits per heavy atom. The molecule has 3 aliphatic rings. The number of hydrogen-bond donors (Lipinski definition) is 0. The van der Waals surface area contributed by atoms with E-state index in [0.717, 1.165) is 42.1 Å². The molecule has 0 heterocycles. The summed E-state index contributed by atoms with van der Waals surface area (Å²) in [4.78, 5) is 12.8. The fourth-order valence-corrected chi connectivity index (χ4v) is 7.34. The Hall–Kier alpha value is -1.31. The first-order valence-corrected chi connectivity index (χ1v) is 14.5. The average molecular weight is 453 g/mol. The van der Waals surface area contributed by atoms with Gasteiger partial charge in [-0.2, -0.15) is 0 Å². The molecule has 0 atom stereocenters. The monoisotopic (exact) mass is 452 g/mol. The Morgan fingerprint density at radius 1 is 0.697 bits per heavy atom. The molecule has 0 bridgehead atoms. The highest BCUT2D eigenvalue weighted by atomic mass is 16.5. The van der Waals surface area contributed by atoms with Gasteiger partial charge in [-0.3, -0.25) is 0 Å². The van der Waals surface area contributed by atoms with E-state index in [4.69, 9.17) is 4.74 Å². The molecule has 2 heteroatoms. The van der Waals surface area contributed by atoms with Crippen LogP contribution in [0.15, 0.2) is 24.3 Å². The molecule has 0 N–H and O–H groups in total. The first-order valence-electron chi connectivity index (χ1n) is 14.5. The van der Waals surface area contributed by atoms with Crippen LogP contribution < -0.4 is 0 Å². The lowest BCUT2D eigenvalue weighted by molar-refractivity contribution is 0.0109. The van der Waals surface area contributed by atoms with Crippen LogP contribution in [-0.2, 0) is 4.74 Å². The van der Waals surface area contributed by atoms with Crippen LogP contribution in [0.3, 0.4) is 0 Å². The minimum atomic E-state index is -0.114. The topological polar surface area (TPSA) is 26.3 Å². The summed E-state index contributed by atoms with van der Waals surface area (Å²) in [7, 11) is 0. The van der Waals surface area contributed by atoms with Gasteiger partial charge in [-0.25, -0.2) is 4.79 Å². The second-order valence-corrected chi connectivity index (χ2v) is 11.6. The zero-order valence-corrected chi connectivity index (χ0v) is 21.4. The fraction of sp³-hybridized carbons (Fsp3) is 0.774. The molecule has 0 radical (unpaired) electrons. The van der Waals surface area contributed by atoms with Crippen LogP contribution in [0, 0.1) is 23.7 Å². The molecule has 3 fully saturated rings. The Kier molecular flexibility index (Phi) is 9.33. The van der Waals surface area contributed by atoms with E-state index in [1.54, 1.807) is 0 Å². The van der Waals surface area contributed by atoms with Crippen LogP contribution in [0.25, 0.3) is 0 Å². The lowest BCUT2D eigenvalue weighted by Gasteiger charge is -2.37. The summed E-state index contributed by atoms with van der Waals surface area (Å²) in [5.74, 6) is 4.29. The summed E-state index contributed by atoms with van der Waals surface area (Å²) >= 11 is 0. The highest BCUT2D eigenvalue weighted by Crippen LogP contribution is 2.42. The molecular weight excluding hydrogens is 404 g/mol. The van der Waals surface area contributed by atoms with Crippen LogP contribution in [0.4, 0.5) is 0 Å². The van der Waals surface area contributed by atoms with Gasteiger partial charge in [0.15, 0.2) is 0 Å². The van der Waals surface area contributed by atoms with E-state index in [9.17, 15) is 4.79 Å². The predicted molar refractivity (Wildman–Crippen MR) is 138 cm³/mol. The average Bonchev–Trinajstić information content (AvgIpc) is 2.86. The van der Waals surface area contributed by atoms with Crippen molar-refractivity contribution in [2.24, 2.45) is 23.7 Å². The van der Waals surface area contributed by atoms with Crippen LogP contribution in [0.5, 0.6) is 0 Å². The maximum atomic E-state index is 12.8. The molecule has 0 amide bonds. The molecule has 4 rings (SSSR count). The quantitative estimate of drug-likeness (QED) is 0.368. The first kappa shape index (κ1) is 24.8. The maximum absolute atomic E-state index is 12.8. The Balaban J connectivity index is 1.19. The summed E-state index contributed by atoms with van der Waals surface area (Å²) in [6, 6.07) is 8.40. The fourth-order valence-electron chi connectivity index (χ4n) is 7.34. The molecule has 3 saturated carbocycles. The van der Waals surface area contributed by atoms with Gasteiger partial charge in [0.2, 0.25) is 0 Å². The normalized spacial score (nSPS) is 32.9. The van der Waals surface area contributed by atoms with Gasteiger partial charge in [-0.05, 0) is 111 Å². The second-order valence-electron chi connectivity index (χ2n) is 11.6. The molecule has 0 saturated heterocycles. The molecule has 1 aromatic carbocycles. The van der Waals surface area contributed by atoms with Gasteiger partial charge in [-0.15, -0.1) is 0 Å². The van der Waals surface area contributed by atoms with Crippen molar-refractivity contribution in [3.63, 3.8) is 0 Å². The van der Waals surface area contributed by atoms with Gasteiger partial charge in [0.25, 0.3) is 0 Å². The number of esters is 1. The van der Waals surface area contributed by atoms with Crippen molar-refractivity contribution in [3.05, 3.63) is 35.4 Å². The lowest BCUT2D eigenvalue weighted by atomic mass is 9.70. The van der Waals surface area contributed by atoms with Crippen molar-refractivity contribution in [2.45, 2.75) is 129 Å². The lowest BCUT2D eigenvalue weighted by Crippen LogP contribution is -2.29. The largest absolute Gasteiger partial charge is 0.459 e. The van der Waals surface area contributed by atoms with Gasteiger partial charge in [-0.1, -0.05) is 64.5 Å². The van der Waals surface area contributed by atoms with Gasteiger partial charge < -0.3 is 4.74 Å². The van der Waals surface area contributed by atoms with Crippen molar-refractivity contribution < 1.29 is 9.53 Å². The van der Waals surface area contributed by atoms with E-state index in [0.29, 0.717) is 5.92 Å². The Morgan fingerprint density at radius 2 is 1.18 bits per heavy atom. The molecule has 1 aromatic rings. The highest BCUT2D eigenvalue weighted by molar-refractivity contribution is 5.89. The third-order valence-corrected chi connectivity index (χ3v) is 9.41. The molecule has 0 unspecified atom stereocenters. The summed E-state index contributed by atoms with van der Waals surface area (Å²) in [5.41, 5.74) is 2.14. The third kappa shape index (κ3) is 6.86. The zero-order chi connectivity index (χ0) is 23.0.